The molecule has 0 unspecified atom stereocenters. The quantitative estimate of drug-likeness (QED) is 0.648. The largest absolute Gasteiger partial charge is 0.496 e. The molecule has 0 fully saturated rings. The summed E-state index contributed by atoms with van der Waals surface area (Å²) >= 11 is 1.46. The third-order valence-electron chi connectivity index (χ3n) is 4.68. The van der Waals surface area contributed by atoms with Gasteiger partial charge in [-0.05, 0) is 50.6 Å². The Morgan fingerprint density at radius 1 is 1.11 bits per heavy atom. The van der Waals surface area contributed by atoms with Gasteiger partial charge < -0.3 is 15.2 Å². The number of fused-ring (bicyclic) bond motifs is 1. The van der Waals surface area contributed by atoms with Crippen molar-refractivity contribution in [3.8, 4) is 33.2 Å². The van der Waals surface area contributed by atoms with E-state index in [4.69, 9.17) is 15.2 Å². The second-order valence-corrected chi connectivity index (χ2v) is 8.17. The summed E-state index contributed by atoms with van der Waals surface area (Å²) in [5.74, 6) is 1.65. The molecule has 0 saturated heterocycles. The van der Waals surface area contributed by atoms with Crippen molar-refractivity contribution in [1.29, 1.82) is 0 Å². The number of nitrogens with zero attached hydrogens (tertiary/aromatic N) is 1. The van der Waals surface area contributed by atoms with Gasteiger partial charge in [0.25, 0.3) is 0 Å². The molecule has 5 heteroatoms. The number of thiazole rings is 1. The van der Waals surface area contributed by atoms with Crippen LogP contribution in [0.25, 0.3) is 27.8 Å². The van der Waals surface area contributed by atoms with Crippen LogP contribution in [0, 0.1) is 6.92 Å². The SMILES string of the molecule is COc1ccccc1-c1sc(N)nc1-c1ccc(C)c2c1OC(C)(C)C=C2. The topological polar surface area (TPSA) is 57.4 Å². The summed E-state index contributed by atoms with van der Waals surface area (Å²) in [6.07, 6.45) is 4.22. The molecule has 0 bridgehead atoms. The summed E-state index contributed by atoms with van der Waals surface area (Å²) in [6, 6.07) is 12.1. The van der Waals surface area contributed by atoms with E-state index < -0.39 is 0 Å². The predicted octanol–water partition coefficient (Wildman–Crippen LogP) is 5.56. The first-order valence-electron chi connectivity index (χ1n) is 8.81. The number of benzene rings is 2. The molecule has 0 amide bonds. The minimum absolute atomic E-state index is 0.373. The van der Waals surface area contributed by atoms with Gasteiger partial charge >= 0.3 is 0 Å². The van der Waals surface area contributed by atoms with E-state index in [1.54, 1.807) is 7.11 Å². The molecule has 0 aliphatic carbocycles. The van der Waals surface area contributed by atoms with Crippen molar-refractivity contribution in [3.05, 3.63) is 53.6 Å². The first-order chi connectivity index (χ1) is 12.9. The van der Waals surface area contributed by atoms with Crippen LogP contribution in [-0.2, 0) is 0 Å². The number of para-hydroxylation sites is 1. The van der Waals surface area contributed by atoms with E-state index in [9.17, 15) is 0 Å². The molecule has 0 spiro atoms. The maximum atomic E-state index is 6.35. The van der Waals surface area contributed by atoms with Gasteiger partial charge in [-0.2, -0.15) is 0 Å². The van der Waals surface area contributed by atoms with Gasteiger partial charge in [-0.3, -0.25) is 0 Å². The number of ether oxygens (including phenoxy) is 2. The van der Waals surface area contributed by atoms with E-state index in [-0.39, 0.29) is 5.60 Å². The summed E-state index contributed by atoms with van der Waals surface area (Å²) in [5, 5.41) is 0.519. The molecule has 1 aliphatic rings. The standard InChI is InChI=1S/C22H22N2O2S/c1-13-9-10-16(19-14(13)11-12-22(2,3)26-19)18-20(27-21(23)24-18)15-7-5-6-8-17(15)25-4/h5-12H,1-4H3,(H2,23,24). The lowest BCUT2D eigenvalue weighted by atomic mass is 9.94. The smallest absolute Gasteiger partial charge is 0.181 e. The Bertz CT molecular complexity index is 1050. The van der Waals surface area contributed by atoms with Crippen LogP contribution < -0.4 is 15.2 Å². The highest BCUT2D eigenvalue weighted by Crippen LogP contribution is 2.47. The van der Waals surface area contributed by atoms with E-state index in [1.165, 1.54) is 16.9 Å². The van der Waals surface area contributed by atoms with Crippen LogP contribution in [0.15, 0.2) is 42.5 Å². The van der Waals surface area contributed by atoms with Crippen molar-refractivity contribution >= 4 is 22.5 Å². The van der Waals surface area contributed by atoms with Crippen molar-refractivity contribution in [2.75, 3.05) is 12.8 Å². The van der Waals surface area contributed by atoms with Gasteiger partial charge in [0.2, 0.25) is 0 Å². The van der Waals surface area contributed by atoms with Crippen LogP contribution >= 0.6 is 11.3 Å². The van der Waals surface area contributed by atoms with Gasteiger partial charge in [-0.25, -0.2) is 4.98 Å². The number of rotatable bonds is 3. The van der Waals surface area contributed by atoms with Crippen LogP contribution in [-0.4, -0.2) is 17.7 Å². The molecule has 2 aromatic carbocycles. The summed E-state index contributed by atoms with van der Waals surface area (Å²) in [6.45, 7) is 6.19. The van der Waals surface area contributed by atoms with Crippen molar-refractivity contribution in [2.24, 2.45) is 0 Å². The Labute approximate surface area is 163 Å². The van der Waals surface area contributed by atoms with Crippen molar-refractivity contribution in [2.45, 2.75) is 26.4 Å². The van der Waals surface area contributed by atoms with Crippen molar-refractivity contribution in [1.82, 2.24) is 4.98 Å². The summed E-state index contributed by atoms with van der Waals surface area (Å²) in [7, 11) is 1.67. The van der Waals surface area contributed by atoms with Gasteiger partial charge in [0.1, 0.15) is 17.1 Å². The number of hydrogen-bond donors (Lipinski definition) is 1. The van der Waals surface area contributed by atoms with Crippen LogP contribution in [0.1, 0.15) is 25.0 Å². The molecule has 27 heavy (non-hydrogen) atoms. The molecule has 4 nitrogen and oxygen atoms in total. The number of aryl methyl sites for hydroxylation is 1. The molecule has 2 N–H and O–H groups in total. The third-order valence-corrected chi connectivity index (χ3v) is 5.60. The molecule has 0 radical (unpaired) electrons. The maximum Gasteiger partial charge on any atom is 0.181 e. The Morgan fingerprint density at radius 2 is 1.89 bits per heavy atom. The van der Waals surface area contributed by atoms with Crippen LogP contribution in [0.4, 0.5) is 5.13 Å². The van der Waals surface area contributed by atoms with Crippen molar-refractivity contribution < 1.29 is 9.47 Å². The minimum atomic E-state index is -0.373. The minimum Gasteiger partial charge on any atom is -0.496 e. The average molecular weight is 378 g/mol. The number of aromatic nitrogens is 1. The lowest BCUT2D eigenvalue weighted by molar-refractivity contribution is 0.160. The zero-order valence-corrected chi connectivity index (χ0v) is 16.7. The number of anilines is 1. The van der Waals surface area contributed by atoms with E-state index in [1.807, 2.05) is 24.3 Å². The summed E-state index contributed by atoms with van der Waals surface area (Å²) < 4.78 is 11.9. The zero-order chi connectivity index (χ0) is 19.2. The van der Waals surface area contributed by atoms with E-state index >= 15 is 0 Å². The number of nitrogen functional groups attached to an aromatic ring is 1. The van der Waals surface area contributed by atoms with Gasteiger partial charge in [0.15, 0.2) is 5.13 Å². The summed E-state index contributed by atoms with van der Waals surface area (Å²) in [5.41, 5.74) is 10.7. The fourth-order valence-corrected chi connectivity index (χ4v) is 4.19. The van der Waals surface area contributed by atoms with Gasteiger partial charge in [-0.15, -0.1) is 0 Å². The van der Waals surface area contributed by atoms with E-state index in [2.05, 4.69) is 50.0 Å². The van der Waals surface area contributed by atoms with E-state index in [0.717, 1.165) is 38.8 Å². The second-order valence-electron chi connectivity index (χ2n) is 7.14. The Morgan fingerprint density at radius 3 is 2.67 bits per heavy atom. The molecule has 0 saturated carbocycles. The van der Waals surface area contributed by atoms with Crippen LogP contribution in [0.3, 0.4) is 0 Å². The first-order valence-corrected chi connectivity index (χ1v) is 9.63. The van der Waals surface area contributed by atoms with Gasteiger partial charge in [-0.1, -0.05) is 35.6 Å². The normalized spacial score (nSPS) is 14.5. The highest BCUT2D eigenvalue weighted by Gasteiger charge is 2.28. The second kappa shape index (κ2) is 6.43. The molecular formula is C22H22N2O2S. The molecule has 138 valence electrons. The molecule has 2 heterocycles. The van der Waals surface area contributed by atoms with E-state index in [0.29, 0.717) is 5.13 Å². The molecule has 3 aromatic rings. The predicted molar refractivity (Wildman–Crippen MR) is 112 cm³/mol. The van der Waals surface area contributed by atoms with Gasteiger partial charge in [0, 0.05) is 16.7 Å². The molecule has 1 aromatic heterocycles. The number of hydrogen-bond acceptors (Lipinski definition) is 5. The van der Waals surface area contributed by atoms with Crippen molar-refractivity contribution in [3.63, 3.8) is 0 Å². The number of methoxy groups -OCH3 is 1. The Balaban J connectivity index is 1.96. The van der Waals surface area contributed by atoms with Crippen LogP contribution in [0.5, 0.6) is 11.5 Å². The highest BCUT2D eigenvalue weighted by molar-refractivity contribution is 7.19. The fraction of sp³-hybridized carbons (Fsp3) is 0.227. The monoisotopic (exact) mass is 378 g/mol. The summed E-state index contributed by atoms with van der Waals surface area (Å²) in [4.78, 5) is 5.63. The molecule has 1 aliphatic heterocycles. The Hall–Kier alpha value is -2.79. The lowest BCUT2D eigenvalue weighted by Gasteiger charge is -2.30. The molecular weight excluding hydrogens is 356 g/mol. The molecule has 0 atom stereocenters. The highest BCUT2D eigenvalue weighted by atomic mass is 32.1. The Kier molecular flexibility index (Phi) is 4.19. The third kappa shape index (κ3) is 3.08. The maximum absolute atomic E-state index is 6.35. The number of nitrogens with two attached hydrogens (primary N) is 1. The fourth-order valence-electron chi connectivity index (χ4n) is 3.32. The average Bonchev–Trinajstić information content (AvgIpc) is 3.02. The first kappa shape index (κ1) is 17.6. The zero-order valence-electron chi connectivity index (χ0n) is 15.9. The van der Waals surface area contributed by atoms with Crippen LogP contribution in [0.2, 0.25) is 0 Å². The molecule has 4 rings (SSSR count). The lowest BCUT2D eigenvalue weighted by Crippen LogP contribution is -2.28. The van der Waals surface area contributed by atoms with Gasteiger partial charge in [0.05, 0.1) is 17.7 Å².